The second-order valence-corrected chi connectivity index (χ2v) is 5.80. The van der Waals surface area contributed by atoms with E-state index in [1.807, 2.05) is 27.7 Å². The molecule has 0 bridgehead atoms. The zero-order valence-electron chi connectivity index (χ0n) is 11.6. The molecule has 1 aliphatic heterocycles. The Labute approximate surface area is 108 Å². The van der Waals surface area contributed by atoms with E-state index in [4.69, 9.17) is 9.84 Å². The Morgan fingerprint density at radius 2 is 2.06 bits per heavy atom. The Balaban J connectivity index is 2.58. The van der Waals surface area contributed by atoms with Crippen molar-refractivity contribution in [1.29, 1.82) is 0 Å². The highest BCUT2D eigenvalue weighted by Crippen LogP contribution is 2.30. The molecule has 1 heterocycles. The molecule has 1 saturated heterocycles. The maximum atomic E-state index is 11.9. The fourth-order valence-electron chi connectivity index (χ4n) is 2.22. The number of amides is 1. The lowest BCUT2D eigenvalue weighted by atomic mass is 9.85. The van der Waals surface area contributed by atoms with Crippen molar-refractivity contribution in [3.05, 3.63) is 0 Å². The number of nitrogens with zero attached hydrogens (tertiary/aromatic N) is 1. The van der Waals surface area contributed by atoms with Gasteiger partial charge in [-0.05, 0) is 33.1 Å². The summed E-state index contributed by atoms with van der Waals surface area (Å²) in [5.74, 6) is -0.790. The molecule has 1 fully saturated rings. The van der Waals surface area contributed by atoms with Crippen molar-refractivity contribution in [2.75, 3.05) is 6.54 Å². The predicted molar refractivity (Wildman–Crippen MR) is 67.4 cm³/mol. The Hall–Kier alpha value is -1.26. The van der Waals surface area contributed by atoms with Gasteiger partial charge in [-0.3, -0.25) is 4.79 Å². The SMILES string of the molecule is CCC(CC(=O)O)C1CCN1C(=O)OC(C)(C)C. The molecule has 0 aromatic carbocycles. The van der Waals surface area contributed by atoms with Crippen molar-refractivity contribution >= 4 is 12.1 Å². The van der Waals surface area contributed by atoms with Gasteiger partial charge in [-0.2, -0.15) is 0 Å². The molecule has 1 aliphatic rings. The number of aliphatic carboxylic acids is 1. The minimum absolute atomic E-state index is 0.0148. The molecule has 0 spiro atoms. The second kappa shape index (κ2) is 5.59. The van der Waals surface area contributed by atoms with E-state index in [1.54, 1.807) is 4.90 Å². The molecular formula is C13H23NO4. The molecular weight excluding hydrogens is 234 g/mol. The average Bonchev–Trinajstić information content (AvgIpc) is 2.10. The minimum atomic E-state index is -0.808. The van der Waals surface area contributed by atoms with Crippen molar-refractivity contribution in [2.24, 2.45) is 5.92 Å². The molecule has 18 heavy (non-hydrogen) atoms. The maximum Gasteiger partial charge on any atom is 0.410 e. The second-order valence-electron chi connectivity index (χ2n) is 5.80. The van der Waals surface area contributed by atoms with Gasteiger partial charge in [0.1, 0.15) is 5.60 Å². The first-order valence-electron chi connectivity index (χ1n) is 6.46. The number of carboxylic acid groups (broad SMARTS) is 1. The summed E-state index contributed by atoms with van der Waals surface area (Å²) in [5, 5.41) is 8.86. The predicted octanol–water partition coefficient (Wildman–Crippen LogP) is 2.50. The van der Waals surface area contributed by atoms with Crippen molar-refractivity contribution in [3.63, 3.8) is 0 Å². The minimum Gasteiger partial charge on any atom is -0.481 e. The van der Waals surface area contributed by atoms with E-state index in [0.29, 0.717) is 6.54 Å². The summed E-state index contributed by atoms with van der Waals surface area (Å²) in [6.45, 7) is 8.10. The van der Waals surface area contributed by atoms with Gasteiger partial charge in [0.25, 0.3) is 0 Å². The lowest BCUT2D eigenvalue weighted by molar-refractivity contribution is -0.139. The van der Waals surface area contributed by atoms with Gasteiger partial charge < -0.3 is 14.7 Å². The van der Waals surface area contributed by atoms with Gasteiger partial charge in [0.05, 0.1) is 6.42 Å². The standard InChI is InChI=1S/C13H23NO4/c1-5-9(8-11(15)16)10-6-7-14(10)12(17)18-13(2,3)4/h9-10H,5-8H2,1-4H3,(H,15,16). The summed E-state index contributed by atoms with van der Waals surface area (Å²) in [6, 6.07) is 0.0148. The molecule has 0 aliphatic carbocycles. The highest BCUT2D eigenvalue weighted by Gasteiger charge is 2.39. The van der Waals surface area contributed by atoms with Crippen LogP contribution in [0.4, 0.5) is 4.79 Å². The van der Waals surface area contributed by atoms with Gasteiger partial charge in [0.15, 0.2) is 0 Å². The van der Waals surface area contributed by atoms with E-state index in [0.717, 1.165) is 12.8 Å². The van der Waals surface area contributed by atoms with Crippen LogP contribution in [0.15, 0.2) is 0 Å². The molecule has 0 radical (unpaired) electrons. The number of rotatable bonds is 4. The number of likely N-dealkylation sites (tertiary alicyclic amines) is 1. The van der Waals surface area contributed by atoms with E-state index < -0.39 is 11.6 Å². The molecule has 2 atom stereocenters. The van der Waals surface area contributed by atoms with Crippen LogP contribution in [-0.2, 0) is 9.53 Å². The van der Waals surface area contributed by atoms with Crippen LogP contribution in [0.1, 0.15) is 47.0 Å². The molecule has 5 nitrogen and oxygen atoms in total. The van der Waals surface area contributed by atoms with E-state index in [1.165, 1.54) is 0 Å². The number of carbonyl (C=O) groups is 2. The van der Waals surface area contributed by atoms with Crippen molar-refractivity contribution in [3.8, 4) is 0 Å². The van der Waals surface area contributed by atoms with E-state index in [-0.39, 0.29) is 24.5 Å². The average molecular weight is 257 g/mol. The third-order valence-corrected chi connectivity index (χ3v) is 3.20. The fraction of sp³-hybridized carbons (Fsp3) is 0.846. The number of carbonyl (C=O) groups excluding carboxylic acids is 1. The quantitative estimate of drug-likeness (QED) is 0.840. The van der Waals surface area contributed by atoms with Crippen LogP contribution >= 0.6 is 0 Å². The van der Waals surface area contributed by atoms with Crippen LogP contribution < -0.4 is 0 Å². The Bertz CT molecular complexity index is 321. The highest BCUT2D eigenvalue weighted by molar-refractivity contribution is 5.70. The molecule has 0 aromatic heterocycles. The lowest BCUT2D eigenvalue weighted by Gasteiger charge is -2.45. The molecule has 104 valence electrons. The Kier molecular flexibility index (Phi) is 4.59. The van der Waals surface area contributed by atoms with Gasteiger partial charge in [0.2, 0.25) is 0 Å². The summed E-state index contributed by atoms with van der Waals surface area (Å²) in [5.41, 5.74) is -0.508. The normalized spacial score (nSPS) is 21.1. The molecule has 0 saturated carbocycles. The number of ether oxygens (including phenoxy) is 1. The van der Waals surface area contributed by atoms with Crippen LogP contribution in [0.3, 0.4) is 0 Å². The first-order chi connectivity index (χ1) is 8.24. The third kappa shape index (κ3) is 3.89. The van der Waals surface area contributed by atoms with E-state index in [2.05, 4.69) is 0 Å². The number of hydrogen-bond acceptors (Lipinski definition) is 3. The summed E-state index contributed by atoms with van der Waals surface area (Å²) >= 11 is 0. The lowest BCUT2D eigenvalue weighted by Crippen LogP contribution is -2.56. The zero-order valence-corrected chi connectivity index (χ0v) is 11.6. The van der Waals surface area contributed by atoms with Crippen LogP contribution in [0.5, 0.6) is 0 Å². The van der Waals surface area contributed by atoms with Crippen LogP contribution in [-0.4, -0.2) is 40.3 Å². The first-order valence-corrected chi connectivity index (χ1v) is 6.46. The summed E-state index contributed by atoms with van der Waals surface area (Å²) in [6.07, 6.45) is 1.41. The van der Waals surface area contributed by atoms with Gasteiger partial charge >= 0.3 is 12.1 Å². The van der Waals surface area contributed by atoms with Gasteiger partial charge in [0, 0.05) is 12.6 Å². The zero-order chi connectivity index (χ0) is 13.9. The Morgan fingerprint density at radius 1 is 1.44 bits per heavy atom. The summed E-state index contributed by atoms with van der Waals surface area (Å²) < 4.78 is 5.31. The number of hydrogen-bond donors (Lipinski definition) is 1. The van der Waals surface area contributed by atoms with Crippen LogP contribution in [0.25, 0.3) is 0 Å². The smallest absolute Gasteiger partial charge is 0.410 e. The van der Waals surface area contributed by atoms with Crippen LogP contribution in [0.2, 0.25) is 0 Å². The van der Waals surface area contributed by atoms with Gasteiger partial charge in [-0.25, -0.2) is 4.79 Å². The maximum absolute atomic E-state index is 11.9. The highest BCUT2D eigenvalue weighted by atomic mass is 16.6. The molecule has 5 heteroatoms. The van der Waals surface area contributed by atoms with E-state index in [9.17, 15) is 9.59 Å². The monoisotopic (exact) mass is 257 g/mol. The number of carboxylic acids is 1. The topological polar surface area (TPSA) is 66.8 Å². The summed E-state index contributed by atoms with van der Waals surface area (Å²) in [4.78, 5) is 24.4. The first kappa shape index (κ1) is 14.8. The van der Waals surface area contributed by atoms with Crippen molar-refractivity contribution < 1.29 is 19.4 Å². The van der Waals surface area contributed by atoms with Crippen molar-refractivity contribution in [1.82, 2.24) is 4.90 Å². The van der Waals surface area contributed by atoms with Crippen LogP contribution in [0, 0.1) is 5.92 Å². The summed E-state index contributed by atoms with van der Waals surface area (Å²) in [7, 11) is 0. The van der Waals surface area contributed by atoms with Gasteiger partial charge in [-0.1, -0.05) is 13.3 Å². The third-order valence-electron chi connectivity index (χ3n) is 3.20. The fourth-order valence-corrected chi connectivity index (χ4v) is 2.22. The van der Waals surface area contributed by atoms with Gasteiger partial charge in [-0.15, -0.1) is 0 Å². The molecule has 1 amide bonds. The Morgan fingerprint density at radius 3 is 2.39 bits per heavy atom. The molecule has 0 aromatic rings. The molecule has 2 unspecified atom stereocenters. The molecule has 1 rings (SSSR count). The van der Waals surface area contributed by atoms with E-state index >= 15 is 0 Å². The largest absolute Gasteiger partial charge is 0.481 e. The molecule has 1 N–H and O–H groups in total. The van der Waals surface area contributed by atoms with Crippen molar-refractivity contribution in [2.45, 2.75) is 58.6 Å².